The Morgan fingerprint density at radius 1 is 0.710 bits per heavy atom. The van der Waals surface area contributed by atoms with E-state index >= 15 is 0 Å². The van der Waals surface area contributed by atoms with Gasteiger partial charge in [-0.2, -0.15) is 0 Å². The highest BCUT2D eigenvalue weighted by molar-refractivity contribution is 7.98. The van der Waals surface area contributed by atoms with E-state index in [0.717, 1.165) is 5.56 Å². The third kappa shape index (κ3) is 4.08. The molecule has 0 bridgehead atoms. The molecule has 0 radical (unpaired) electrons. The molecule has 0 aromatic heterocycles. The van der Waals surface area contributed by atoms with Gasteiger partial charge in [-0.05, 0) is 43.0 Å². The molecular formula is C24H23NO4S2. The van der Waals surface area contributed by atoms with Crippen LogP contribution in [0.15, 0.2) is 112 Å². The van der Waals surface area contributed by atoms with Crippen LogP contribution >= 0.6 is 0 Å². The van der Waals surface area contributed by atoms with E-state index in [0.29, 0.717) is 0 Å². The van der Waals surface area contributed by atoms with Crippen molar-refractivity contribution in [2.45, 2.75) is 21.1 Å². The van der Waals surface area contributed by atoms with Crippen LogP contribution in [0.5, 0.6) is 0 Å². The Morgan fingerprint density at radius 3 is 1.74 bits per heavy atom. The molecule has 160 valence electrons. The second-order valence-corrected chi connectivity index (χ2v) is 11.6. The Kier molecular flexibility index (Phi) is 5.83. The van der Waals surface area contributed by atoms with E-state index < -0.39 is 24.9 Å². The van der Waals surface area contributed by atoms with Gasteiger partial charge in [-0.25, -0.2) is 16.8 Å². The average Bonchev–Trinajstić information content (AvgIpc) is 2.80. The van der Waals surface area contributed by atoms with Crippen LogP contribution in [0.4, 0.5) is 0 Å². The zero-order chi connectivity index (χ0) is 22.1. The SMILES string of the molecule is CN1C[C@H](S(=O)(=O)c2ccccc2)C(S(=O)(=O)c2ccccc2)=C[C@H]1c1ccccc1. The maximum atomic E-state index is 13.6. The van der Waals surface area contributed by atoms with Gasteiger partial charge < -0.3 is 0 Å². The third-order valence-electron chi connectivity index (χ3n) is 5.52. The van der Waals surface area contributed by atoms with E-state index in [4.69, 9.17) is 0 Å². The standard InChI is InChI=1S/C24H23NO4S2/c1-25-18-24(31(28,29)21-15-9-4-10-16-21)23(17-22(25)19-11-5-2-6-12-19)30(26,27)20-13-7-3-8-14-20/h2-17,22,24H,18H2,1H3/t22-,24-/m0/s1. The molecule has 1 aliphatic heterocycles. The Labute approximate surface area is 183 Å². The summed E-state index contributed by atoms with van der Waals surface area (Å²) in [4.78, 5) is 2.01. The lowest BCUT2D eigenvalue weighted by molar-refractivity contribution is 0.277. The molecular weight excluding hydrogens is 430 g/mol. The zero-order valence-electron chi connectivity index (χ0n) is 17.0. The van der Waals surface area contributed by atoms with Gasteiger partial charge >= 0.3 is 0 Å². The minimum absolute atomic E-state index is 0.0642. The molecule has 2 atom stereocenters. The zero-order valence-corrected chi connectivity index (χ0v) is 18.6. The summed E-state index contributed by atoms with van der Waals surface area (Å²) >= 11 is 0. The van der Waals surface area contributed by atoms with Gasteiger partial charge in [0.1, 0.15) is 5.25 Å². The molecule has 3 aromatic rings. The van der Waals surface area contributed by atoms with Crippen molar-refractivity contribution in [2.24, 2.45) is 0 Å². The molecule has 4 rings (SSSR count). The fraction of sp³-hybridized carbons (Fsp3) is 0.167. The first-order valence-electron chi connectivity index (χ1n) is 9.88. The highest BCUT2D eigenvalue weighted by Gasteiger charge is 2.42. The Hall–Kier alpha value is -2.74. The summed E-state index contributed by atoms with van der Waals surface area (Å²) in [5, 5.41) is -1.20. The van der Waals surface area contributed by atoms with Gasteiger partial charge in [0.25, 0.3) is 0 Å². The second kappa shape index (κ2) is 8.42. The van der Waals surface area contributed by atoms with E-state index in [9.17, 15) is 16.8 Å². The van der Waals surface area contributed by atoms with Crippen LogP contribution in [0.3, 0.4) is 0 Å². The first-order chi connectivity index (χ1) is 14.8. The number of benzene rings is 3. The molecule has 0 fully saturated rings. The minimum Gasteiger partial charge on any atom is -0.294 e. The quantitative estimate of drug-likeness (QED) is 0.586. The molecule has 31 heavy (non-hydrogen) atoms. The van der Waals surface area contributed by atoms with Gasteiger partial charge in [0.05, 0.1) is 20.7 Å². The van der Waals surface area contributed by atoms with Crippen molar-refractivity contribution in [1.29, 1.82) is 0 Å². The van der Waals surface area contributed by atoms with Crippen LogP contribution in [0.2, 0.25) is 0 Å². The van der Waals surface area contributed by atoms with Crippen LogP contribution in [-0.4, -0.2) is 40.6 Å². The van der Waals surface area contributed by atoms with Crippen LogP contribution in [0.1, 0.15) is 11.6 Å². The van der Waals surface area contributed by atoms with Gasteiger partial charge in [0.15, 0.2) is 9.84 Å². The van der Waals surface area contributed by atoms with Gasteiger partial charge in [0, 0.05) is 6.54 Å². The fourth-order valence-corrected chi connectivity index (χ4v) is 7.84. The molecule has 5 nitrogen and oxygen atoms in total. The molecule has 0 saturated heterocycles. The lowest BCUT2D eigenvalue weighted by Gasteiger charge is -2.36. The molecule has 0 spiro atoms. The van der Waals surface area contributed by atoms with Crippen LogP contribution in [0.25, 0.3) is 0 Å². The molecule has 1 heterocycles. The van der Waals surface area contributed by atoms with E-state index in [1.807, 2.05) is 42.3 Å². The molecule has 0 N–H and O–H groups in total. The summed E-state index contributed by atoms with van der Waals surface area (Å²) in [6.45, 7) is 0.0642. The maximum absolute atomic E-state index is 13.6. The summed E-state index contributed by atoms with van der Waals surface area (Å²) in [6, 6.07) is 25.2. The minimum atomic E-state index is -4.01. The fourth-order valence-electron chi connectivity index (χ4n) is 3.88. The van der Waals surface area contributed by atoms with Crippen molar-refractivity contribution in [3.63, 3.8) is 0 Å². The van der Waals surface area contributed by atoms with Crippen LogP contribution < -0.4 is 0 Å². The number of likely N-dealkylation sites (N-methyl/N-ethyl adjacent to an activating group) is 1. The molecule has 0 unspecified atom stereocenters. The van der Waals surface area contributed by atoms with E-state index in [1.165, 1.54) is 24.3 Å². The predicted molar refractivity (Wildman–Crippen MR) is 121 cm³/mol. The molecule has 0 aliphatic carbocycles. The second-order valence-electron chi connectivity index (χ2n) is 7.53. The summed E-state index contributed by atoms with van der Waals surface area (Å²) in [5.74, 6) is 0. The van der Waals surface area contributed by atoms with Gasteiger partial charge in [0.2, 0.25) is 9.84 Å². The molecule has 0 saturated carbocycles. The Bertz CT molecular complexity index is 1290. The number of sulfone groups is 2. The smallest absolute Gasteiger partial charge is 0.203 e. The maximum Gasteiger partial charge on any atom is 0.203 e. The number of rotatable bonds is 5. The van der Waals surface area contributed by atoms with Gasteiger partial charge in [-0.15, -0.1) is 0 Å². The van der Waals surface area contributed by atoms with Crippen molar-refractivity contribution >= 4 is 19.7 Å². The van der Waals surface area contributed by atoms with E-state index in [2.05, 4.69) is 0 Å². The first kappa shape index (κ1) is 21.5. The third-order valence-corrected chi connectivity index (χ3v) is 9.68. The first-order valence-corrected chi connectivity index (χ1v) is 12.9. The normalized spacial score (nSPS) is 20.2. The van der Waals surface area contributed by atoms with Crippen molar-refractivity contribution in [3.05, 3.63) is 108 Å². The van der Waals surface area contributed by atoms with Gasteiger partial charge in [-0.3, -0.25) is 4.90 Å². The summed E-state index contributed by atoms with van der Waals surface area (Å²) in [5.41, 5.74) is 0.904. The van der Waals surface area contributed by atoms with Crippen molar-refractivity contribution in [3.8, 4) is 0 Å². The number of nitrogens with zero attached hydrogens (tertiary/aromatic N) is 1. The summed E-state index contributed by atoms with van der Waals surface area (Å²) < 4.78 is 54.3. The van der Waals surface area contributed by atoms with Crippen molar-refractivity contribution < 1.29 is 16.8 Å². The molecule has 7 heteroatoms. The largest absolute Gasteiger partial charge is 0.294 e. The monoisotopic (exact) mass is 453 g/mol. The lowest BCUT2D eigenvalue weighted by atomic mass is 10.0. The highest BCUT2D eigenvalue weighted by Crippen LogP contribution is 2.37. The molecule has 0 amide bonds. The predicted octanol–water partition coefficient (Wildman–Crippen LogP) is 3.87. The summed E-state index contributed by atoms with van der Waals surface area (Å²) in [7, 11) is -6.13. The van der Waals surface area contributed by atoms with Crippen molar-refractivity contribution in [1.82, 2.24) is 4.90 Å². The van der Waals surface area contributed by atoms with Gasteiger partial charge in [-0.1, -0.05) is 66.7 Å². The van der Waals surface area contributed by atoms with Crippen LogP contribution in [0, 0.1) is 0 Å². The average molecular weight is 454 g/mol. The Balaban J connectivity index is 1.91. The molecule has 3 aromatic carbocycles. The van der Waals surface area contributed by atoms with Crippen LogP contribution in [-0.2, 0) is 19.7 Å². The van der Waals surface area contributed by atoms with Crippen molar-refractivity contribution in [2.75, 3.05) is 13.6 Å². The highest BCUT2D eigenvalue weighted by atomic mass is 32.2. The number of hydrogen-bond donors (Lipinski definition) is 0. The Morgan fingerprint density at radius 2 is 1.19 bits per heavy atom. The van der Waals surface area contributed by atoms with E-state index in [1.54, 1.807) is 42.5 Å². The molecule has 1 aliphatic rings. The number of hydrogen-bond acceptors (Lipinski definition) is 5. The van der Waals surface area contributed by atoms with E-state index in [-0.39, 0.29) is 27.3 Å². The topological polar surface area (TPSA) is 71.5 Å². The lowest BCUT2D eigenvalue weighted by Crippen LogP contribution is -2.43. The summed E-state index contributed by atoms with van der Waals surface area (Å²) in [6.07, 6.45) is 1.59.